The van der Waals surface area contributed by atoms with Crippen LogP contribution in [0.1, 0.15) is 30.0 Å². The van der Waals surface area contributed by atoms with Crippen LogP contribution in [0, 0.1) is 13.8 Å². The summed E-state index contributed by atoms with van der Waals surface area (Å²) >= 11 is 0. The van der Waals surface area contributed by atoms with Crippen molar-refractivity contribution < 1.29 is 8.42 Å². The molecule has 23 heavy (non-hydrogen) atoms. The van der Waals surface area contributed by atoms with Gasteiger partial charge in [-0.05, 0) is 38.8 Å². The van der Waals surface area contributed by atoms with Gasteiger partial charge in [-0.15, -0.1) is 0 Å². The Bertz CT molecular complexity index is 826. The molecule has 1 fully saturated rings. The molecule has 1 saturated heterocycles. The molecule has 0 spiro atoms. The molecule has 1 unspecified atom stereocenters. The van der Waals surface area contributed by atoms with Gasteiger partial charge in [-0.3, -0.25) is 4.68 Å². The first-order valence-electron chi connectivity index (χ1n) is 7.83. The van der Waals surface area contributed by atoms with E-state index in [1.54, 1.807) is 0 Å². The zero-order chi connectivity index (χ0) is 16.7. The lowest BCUT2D eigenvalue weighted by atomic mass is 10.0. The summed E-state index contributed by atoms with van der Waals surface area (Å²) in [5.41, 5.74) is 4.20. The minimum absolute atomic E-state index is 0.172. The minimum atomic E-state index is -2.93. The van der Waals surface area contributed by atoms with Gasteiger partial charge >= 0.3 is 0 Å². The average molecular weight is 333 g/mol. The van der Waals surface area contributed by atoms with Gasteiger partial charge in [0.15, 0.2) is 9.84 Å². The smallest absolute Gasteiger partial charge is 0.152 e. The van der Waals surface area contributed by atoms with Gasteiger partial charge in [-0.1, -0.05) is 17.7 Å². The second-order valence-corrected chi connectivity index (χ2v) is 8.99. The van der Waals surface area contributed by atoms with Crippen molar-refractivity contribution in [2.24, 2.45) is 0 Å². The largest absolute Gasteiger partial charge is 0.381 e. The number of hydrogen-bond acceptors (Lipinski definition) is 4. The van der Waals surface area contributed by atoms with Gasteiger partial charge in [-0.25, -0.2) is 8.42 Å². The zero-order valence-corrected chi connectivity index (χ0v) is 14.7. The summed E-state index contributed by atoms with van der Waals surface area (Å²) in [5, 5.41) is 7.81. The molecule has 0 saturated carbocycles. The lowest BCUT2D eigenvalue weighted by Gasteiger charge is -2.22. The van der Waals surface area contributed by atoms with Crippen molar-refractivity contribution in [3.8, 4) is 0 Å². The first kappa shape index (κ1) is 16.1. The quantitative estimate of drug-likeness (QED) is 0.934. The molecule has 1 aliphatic rings. The number of hydrogen-bond donors (Lipinski definition) is 1. The van der Waals surface area contributed by atoms with Crippen LogP contribution in [0.15, 0.2) is 30.6 Å². The van der Waals surface area contributed by atoms with Crippen molar-refractivity contribution in [3.63, 3.8) is 0 Å². The third-order valence-electron chi connectivity index (χ3n) is 4.54. The number of aromatic nitrogens is 2. The number of rotatable bonds is 4. The van der Waals surface area contributed by atoms with E-state index in [1.807, 2.05) is 24.0 Å². The number of aryl methyl sites for hydroxylation is 2. The molecule has 1 atom stereocenters. The molecule has 1 aliphatic heterocycles. The van der Waals surface area contributed by atoms with Gasteiger partial charge in [0.2, 0.25) is 0 Å². The van der Waals surface area contributed by atoms with Gasteiger partial charge in [0.05, 0.1) is 23.2 Å². The van der Waals surface area contributed by atoms with Crippen molar-refractivity contribution in [1.82, 2.24) is 9.78 Å². The highest BCUT2D eigenvalue weighted by atomic mass is 32.2. The Morgan fingerprint density at radius 3 is 2.78 bits per heavy atom. The molecule has 0 radical (unpaired) electrons. The molecule has 1 aromatic heterocycles. The van der Waals surface area contributed by atoms with E-state index in [0.29, 0.717) is 13.0 Å². The maximum Gasteiger partial charge on any atom is 0.152 e. The number of nitrogens with zero attached hydrogens (tertiary/aromatic N) is 2. The van der Waals surface area contributed by atoms with Gasteiger partial charge in [-0.2, -0.15) is 5.10 Å². The lowest BCUT2D eigenvalue weighted by Crippen LogP contribution is -2.31. The molecule has 2 heterocycles. The molecule has 0 amide bonds. The Kier molecular flexibility index (Phi) is 3.96. The van der Waals surface area contributed by atoms with Crippen LogP contribution in [0.5, 0.6) is 0 Å². The monoisotopic (exact) mass is 333 g/mol. The van der Waals surface area contributed by atoms with E-state index >= 15 is 0 Å². The summed E-state index contributed by atoms with van der Waals surface area (Å²) in [6, 6.07) is 6.32. The maximum absolute atomic E-state index is 11.7. The van der Waals surface area contributed by atoms with Crippen LogP contribution in [-0.4, -0.2) is 29.7 Å². The Labute approximate surface area is 137 Å². The van der Waals surface area contributed by atoms with E-state index in [4.69, 9.17) is 0 Å². The van der Waals surface area contributed by atoms with E-state index in [0.717, 1.165) is 11.3 Å². The number of anilines is 1. The number of nitrogens with one attached hydrogen (secondary N) is 1. The molecular formula is C17H23N3O2S. The first-order valence-corrected chi connectivity index (χ1v) is 9.65. The van der Waals surface area contributed by atoms with E-state index < -0.39 is 15.4 Å². The Hall–Kier alpha value is -1.82. The van der Waals surface area contributed by atoms with Crippen LogP contribution in [0.2, 0.25) is 0 Å². The van der Waals surface area contributed by atoms with Gasteiger partial charge in [0, 0.05) is 24.0 Å². The summed E-state index contributed by atoms with van der Waals surface area (Å²) < 4.78 is 25.3. The SMILES string of the molecule is Cc1ccc(NCc2cnn(C3(C)CCS(=O)(=O)C3)c2)c(C)c1. The highest BCUT2D eigenvalue weighted by Gasteiger charge is 2.40. The molecule has 1 N–H and O–H groups in total. The summed E-state index contributed by atoms with van der Waals surface area (Å²) in [4.78, 5) is 0. The molecule has 3 rings (SSSR count). The Morgan fingerprint density at radius 2 is 2.13 bits per heavy atom. The van der Waals surface area contributed by atoms with Crippen molar-refractivity contribution in [3.05, 3.63) is 47.3 Å². The summed E-state index contributed by atoms with van der Waals surface area (Å²) in [6.45, 7) is 6.80. The standard InChI is InChI=1S/C17H23N3O2S/c1-13-4-5-16(14(2)8-13)18-9-15-10-19-20(11-15)17(3)6-7-23(21,22)12-17/h4-5,8,10-11,18H,6-7,9,12H2,1-3H3. The van der Waals surface area contributed by atoms with E-state index in [2.05, 4.69) is 42.5 Å². The highest BCUT2D eigenvalue weighted by Crippen LogP contribution is 2.30. The van der Waals surface area contributed by atoms with Gasteiger partial charge in [0.1, 0.15) is 0 Å². The van der Waals surface area contributed by atoms with Crippen LogP contribution in [-0.2, 0) is 21.9 Å². The maximum atomic E-state index is 11.7. The molecule has 1 aromatic carbocycles. The predicted octanol–water partition coefficient (Wildman–Crippen LogP) is 2.65. The van der Waals surface area contributed by atoms with Crippen LogP contribution < -0.4 is 5.32 Å². The Morgan fingerprint density at radius 1 is 1.35 bits per heavy atom. The molecule has 5 nitrogen and oxygen atoms in total. The fraction of sp³-hybridized carbons (Fsp3) is 0.471. The van der Waals surface area contributed by atoms with Crippen molar-refractivity contribution >= 4 is 15.5 Å². The average Bonchev–Trinajstić information content (AvgIpc) is 3.04. The molecule has 2 aromatic rings. The van der Waals surface area contributed by atoms with Crippen molar-refractivity contribution in [2.45, 2.75) is 39.3 Å². The fourth-order valence-corrected chi connectivity index (χ4v) is 5.25. The van der Waals surface area contributed by atoms with Crippen LogP contribution in [0.3, 0.4) is 0 Å². The van der Waals surface area contributed by atoms with E-state index in [1.165, 1.54) is 11.1 Å². The third-order valence-corrected chi connectivity index (χ3v) is 6.42. The molecule has 0 bridgehead atoms. The highest BCUT2D eigenvalue weighted by molar-refractivity contribution is 7.91. The Balaban J connectivity index is 1.70. The second-order valence-electron chi connectivity index (χ2n) is 6.80. The molecule has 124 valence electrons. The molecule has 0 aliphatic carbocycles. The van der Waals surface area contributed by atoms with Crippen LogP contribution in [0.4, 0.5) is 5.69 Å². The van der Waals surface area contributed by atoms with E-state index in [9.17, 15) is 8.42 Å². The molecular weight excluding hydrogens is 310 g/mol. The zero-order valence-electron chi connectivity index (χ0n) is 13.8. The van der Waals surface area contributed by atoms with E-state index in [-0.39, 0.29) is 11.5 Å². The van der Waals surface area contributed by atoms with Crippen molar-refractivity contribution in [2.75, 3.05) is 16.8 Å². The summed E-state index contributed by atoms with van der Waals surface area (Å²) in [6.07, 6.45) is 4.39. The summed E-state index contributed by atoms with van der Waals surface area (Å²) in [5.74, 6) is 0.422. The molecule has 6 heteroatoms. The third kappa shape index (κ3) is 3.42. The number of sulfone groups is 1. The number of benzene rings is 1. The minimum Gasteiger partial charge on any atom is -0.381 e. The van der Waals surface area contributed by atoms with Crippen LogP contribution in [0.25, 0.3) is 0 Å². The first-order chi connectivity index (χ1) is 10.8. The lowest BCUT2D eigenvalue weighted by molar-refractivity contribution is 0.328. The predicted molar refractivity (Wildman–Crippen MR) is 92.4 cm³/mol. The fourth-order valence-electron chi connectivity index (χ4n) is 3.13. The van der Waals surface area contributed by atoms with Crippen LogP contribution >= 0.6 is 0 Å². The van der Waals surface area contributed by atoms with Gasteiger partial charge < -0.3 is 5.32 Å². The topological polar surface area (TPSA) is 64.0 Å². The second kappa shape index (κ2) is 5.67. The van der Waals surface area contributed by atoms with Crippen molar-refractivity contribution in [1.29, 1.82) is 0 Å². The summed E-state index contributed by atoms with van der Waals surface area (Å²) in [7, 11) is -2.93. The van der Waals surface area contributed by atoms with Gasteiger partial charge in [0.25, 0.3) is 0 Å². The normalized spacial score (nSPS) is 23.1.